The zero-order chi connectivity index (χ0) is 23.8. The lowest BCUT2D eigenvalue weighted by molar-refractivity contribution is 0.0994. The first-order valence-electron chi connectivity index (χ1n) is 11.0. The van der Waals surface area contributed by atoms with Crippen molar-refractivity contribution < 1.29 is 14.8 Å². The summed E-state index contributed by atoms with van der Waals surface area (Å²) in [6.07, 6.45) is 3.38. The second-order valence-electron chi connectivity index (χ2n) is 8.32. The van der Waals surface area contributed by atoms with E-state index in [0.717, 1.165) is 36.3 Å². The molecule has 5 N–H and O–H groups in total. The number of nitrogens with two attached hydrogens (primary N) is 1. The van der Waals surface area contributed by atoms with Gasteiger partial charge in [0, 0.05) is 25.7 Å². The Bertz CT molecular complexity index is 1390. The lowest BCUT2D eigenvalue weighted by Gasteiger charge is -2.28. The minimum Gasteiger partial charge on any atom is -0.423 e. The lowest BCUT2D eigenvalue weighted by Crippen LogP contribution is -2.30. The van der Waals surface area contributed by atoms with Crippen molar-refractivity contribution in [2.24, 2.45) is 5.73 Å². The van der Waals surface area contributed by atoms with Gasteiger partial charge in [0.25, 0.3) is 5.91 Å². The maximum absolute atomic E-state index is 11.8. The molecule has 0 aliphatic carbocycles. The number of carbonyl (C=O) groups excluding carboxylic acids is 1. The first kappa shape index (κ1) is 21.9. The number of imidazole rings is 1. The van der Waals surface area contributed by atoms with Crippen molar-refractivity contribution in [3.8, 4) is 11.5 Å². The van der Waals surface area contributed by atoms with Crippen LogP contribution in [0.1, 0.15) is 28.0 Å². The Morgan fingerprint density at radius 2 is 2.03 bits per heavy atom. The SMILES string of the molecule is CN1CCCc2c(NCc3cccc(B(O)O)c3)nc(-c3ncn4c(C(N)=O)cccc34)nc21. The molecule has 11 heteroatoms. The topological polar surface area (TPSA) is 142 Å². The monoisotopic (exact) mass is 457 g/mol. The van der Waals surface area contributed by atoms with Crippen molar-refractivity contribution in [1.82, 2.24) is 19.4 Å². The summed E-state index contributed by atoms with van der Waals surface area (Å²) in [5.41, 5.74) is 9.43. The number of nitrogens with zero attached hydrogens (tertiary/aromatic N) is 5. The van der Waals surface area contributed by atoms with E-state index < -0.39 is 13.0 Å². The second kappa shape index (κ2) is 8.77. The van der Waals surface area contributed by atoms with E-state index in [2.05, 4.69) is 15.2 Å². The molecule has 0 bridgehead atoms. The summed E-state index contributed by atoms with van der Waals surface area (Å²) in [4.78, 5) is 28.1. The highest BCUT2D eigenvalue weighted by atomic mass is 16.4. The predicted octanol–water partition coefficient (Wildman–Crippen LogP) is 0.564. The highest BCUT2D eigenvalue weighted by molar-refractivity contribution is 6.58. The van der Waals surface area contributed by atoms with Crippen LogP contribution in [-0.2, 0) is 13.0 Å². The Hall–Kier alpha value is -3.96. The average Bonchev–Trinajstić information content (AvgIpc) is 3.27. The van der Waals surface area contributed by atoms with Crippen LogP contribution in [0, 0.1) is 0 Å². The second-order valence-corrected chi connectivity index (χ2v) is 8.32. The molecule has 34 heavy (non-hydrogen) atoms. The molecule has 1 aromatic carbocycles. The Balaban J connectivity index is 1.57. The zero-order valence-electron chi connectivity index (χ0n) is 18.6. The number of rotatable bonds is 6. The Morgan fingerprint density at radius 3 is 2.82 bits per heavy atom. The van der Waals surface area contributed by atoms with Crippen molar-refractivity contribution in [3.63, 3.8) is 0 Å². The molecule has 0 spiro atoms. The van der Waals surface area contributed by atoms with Gasteiger partial charge in [-0.25, -0.2) is 15.0 Å². The van der Waals surface area contributed by atoms with E-state index in [1.807, 2.05) is 19.2 Å². The third kappa shape index (κ3) is 3.95. The summed E-state index contributed by atoms with van der Waals surface area (Å²) >= 11 is 0. The predicted molar refractivity (Wildman–Crippen MR) is 130 cm³/mol. The standard InChI is InChI=1S/C23H24BN7O3/c1-30-10-4-7-16-21(26-12-14-5-2-6-15(11-14)24(33)34)28-22(29-23(16)30)19-17-8-3-9-18(20(25)32)31(17)13-27-19/h2-3,5-6,8-9,11,13,33-34H,4,7,10,12H2,1H3,(H2,25,32)(H,26,28,29). The third-order valence-electron chi connectivity index (χ3n) is 6.01. The number of anilines is 2. The minimum atomic E-state index is -1.52. The van der Waals surface area contributed by atoms with Gasteiger partial charge in [-0.1, -0.05) is 30.3 Å². The number of aromatic nitrogens is 4. The van der Waals surface area contributed by atoms with Gasteiger partial charge in [-0.05, 0) is 36.0 Å². The zero-order valence-corrected chi connectivity index (χ0v) is 18.6. The quantitative estimate of drug-likeness (QED) is 0.308. The fourth-order valence-electron chi connectivity index (χ4n) is 4.31. The number of pyridine rings is 1. The van der Waals surface area contributed by atoms with Gasteiger partial charge < -0.3 is 26.0 Å². The van der Waals surface area contributed by atoms with Crippen LogP contribution in [-0.4, -0.2) is 56.0 Å². The van der Waals surface area contributed by atoms with Gasteiger partial charge in [0.1, 0.15) is 29.4 Å². The van der Waals surface area contributed by atoms with Crippen LogP contribution in [0.4, 0.5) is 11.6 Å². The first-order valence-corrected chi connectivity index (χ1v) is 11.0. The maximum atomic E-state index is 11.8. The summed E-state index contributed by atoms with van der Waals surface area (Å²) in [5.74, 6) is 1.44. The fourth-order valence-corrected chi connectivity index (χ4v) is 4.31. The summed E-state index contributed by atoms with van der Waals surface area (Å²) in [7, 11) is 0.479. The number of nitrogens with one attached hydrogen (secondary N) is 1. The molecule has 0 radical (unpaired) electrons. The average molecular weight is 457 g/mol. The van der Waals surface area contributed by atoms with Crippen LogP contribution >= 0.6 is 0 Å². The maximum Gasteiger partial charge on any atom is 0.488 e. The molecule has 0 saturated heterocycles. The van der Waals surface area contributed by atoms with Gasteiger partial charge in [0.05, 0.1) is 5.52 Å². The number of amides is 1. The molecular weight excluding hydrogens is 433 g/mol. The van der Waals surface area contributed by atoms with Crippen LogP contribution in [0.15, 0.2) is 48.8 Å². The molecule has 0 atom stereocenters. The molecule has 0 saturated carbocycles. The number of benzene rings is 1. The van der Waals surface area contributed by atoms with Crippen LogP contribution < -0.4 is 21.4 Å². The van der Waals surface area contributed by atoms with Crippen molar-refractivity contribution in [3.05, 3.63) is 65.6 Å². The van der Waals surface area contributed by atoms with E-state index in [-0.39, 0.29) is 0 Å². The van der Waals surface area contributed by atoms with E-state index in [9.17, 15) is 14.8 Å². The minimum absolute atomic E-state index is 0.329. The van der Waals surface area contributed by atoms with Gasteiger partial charge in [0.15, 0.2) is 5.82 Å². The normalized spacial score (nSPS) is 13.1. The Morgan fingerprint density at radius 1 is 1.21 bits per heavy atom. The highest BCUT2D eigenvalue weighted by Gasteiger charge is 2.24. The van der Waals surface area contributed by atoms with E-state index in [4.69, 9.17) is 15.7 Å². The molecule has 1 aliphatic rings. The number of hydrogen-bond donors (Lipinski definition) is 4. The fraction of sp³-hybridized carbons (Fsp3) is 0.217. The molecular formula is C23H24BN7O3. The number of fused-ring (bicyclic) bond motifs is 2. The molecule has 3 aromatic heterocycles. The summed E-state index contributed by atoms with van der Waals surface area (Å²) < 4.78 is 1.64. The van der Waals surface area contributed by atoms with Crippen LogP contribution in [0.5, 0.6) is 0 Å². The number of primary amides is 1. The van der Waals surface area contributed by atoms with Crippen LogP contribution in [0.3, 0.4) is 0 Å². The molecule has 172 valence electrons. The van der Waals surface area contributed by atoms with E-state index >= 15 is 0 Å². The number of carbonyl (C=O) groups is 1. The Labute approximate surface area is 196 Å². The summed E-state index contributed by atoms with van der Waals surface area (Å²) in [5, 5.41) is 22.4. The molecule has 4 heterocycles. The molecule has 1 aliphatic heterocycles. The molecule has 10 nitrogen and oxygen atoms in total. The van der Waals surface area contributed by atoms with Crippen LogP contribution in [0.2, 0.25) is 0 Å². The molecule has 1 amide bonds. The molecule has 5 rings (SSSR count). The number of hydrogen-bond acceptors (Lipinski definition) is 8. The summed E-state index contributed by atoms with van der Waals surface area (Å²) in [6.45, 7) is 1.33. The Kier molecular flexibility index (Phi) is 5.64. The lowest BCUT2D eigenvalue weighted by atomic mass is 9.79. The smallest absolute Gasteiger partial charge is 0.423 e. The van der Waals surface area contributed by atoms with E-state index in [1.165, 1.54) is 0 Å². The molecule has 4 aromatic rings. The van der Waals surface area contributed by atoms with Gasteiger partial charge in [-0.15, -0.1) is 0 Å². The van der Waals surface area contributed by atoms with Gasteiger partial charge >= 0.3 is 7.12 Å². The van der Waals surface area contributed by atoms with Crippen LogP contribution in [0.25, 0.3) is 17.0 Å². The van der Waals surface area contributed by atoms with Crippen molar-refractivity contribution in [2.75, 3.05) is 23.8 Å². The molecule has 0 fully saturated rings. The summed E-state index contributed by atoms with van der Waals surface area (Å²) in [6, 6.07) is 12.4. The largest absolute Gasteiger partial charge is 0.488 e. The highest BCUT2D eigenvalue weighted by Crippen LogP contribution is 2.33. The molecule has 0 unspecified atom stereocenters. The first-order chi connectivity index (χ1) is 16.4. The van der Waals surface area contributed by atoms with E-state index in [0.29, 0.717) is 40.6 Å². The van der Waals surface area contributed by atoms with Crippen molar-refractivity contribution in [1.29, 1.82) is 0 Å². The van der Waals surface area contributed by atoms with Crippen molar-refractivity contribution >= 4 is 35.6 Å². The van der Waals surface area contributed by atoms with Gasteiger partial charge in [-0.3, -0.25) is 9.20 Å². The third-order valence-corrected chi connectivity index (χ3v) is 6.01. The van der Waals surface area contributed by atoms with Crippen molar-refractivity contribution in [2.45, 2.75) is 19.4 Å². The van der Waals surface area contributed by atoms with E-state index in [1.54, 1.807) is 41.1 Å². The van der Waals surface area contributed by atoms with Gasteiger partial charge in [-0.2, -0.15) is 0 Å². The van der Waals surface area contributed by atoms with Gasteiger partial charge in [0.2, 0.25) is 0 Å².